The number of aliphatic carboxylic acids is 1. The van der Waals surface area contributed by atoms with Crippen molar-refractivity contribution in [3.63, 3.8) is 0 Å². The highest BCUT2D eigenvalue weighted by molar-refractivity contribution is 5.78. The number of hydrogen-bond donors (Lipinski definition) is 1. The molecule has 1 fully saturated rings. The van der Waals surface area contributed by atoms with Crippen LogP contribution in [0.5, 0.6) is 5.75 Å². The molecule has 0 unspecified atom stereocenters. The summed E-state index contributed by atoms with van der Waals surface area (Å²) in [5.41, 5.74) is 6.53. The largest absolute Gasteiger partial charge is 0.489 e. The van der Waals surface area contributed by atoms with E-state index in [-0.39, 0.29) is 28.5 Å². The Morgan fingerprint density at radius 1 is 1.19 bits per heavy atom. The van der Waals surface area contributed by atoms with Gasteiger partial charge in [-0.15, -0.1) is 0 Å². The van der Waals surface area contributed by atoms with Crippen molar-refractivity contribution in [1.29, 1.82) is 0 Å². The smallest absolute Gasteiger partial charge is 0.307 e. The molecule has 0 aliphatic heterocycles. The van der Waals surface area contributed by atoms with Crippen LogP contribution in [0.4, 0.5) is 4.39 Å². The van der Waals surface area contributed by atoms with Gasteiger partial charge >= 0.3 is 5.97 Å². The van der Waals surface area contributed by atoms with E-state index in [0.29, 0.717) is 12.2 Å². The zero-order valence-electron chi connectivity index (χ0n) is 22.4. The first-order valence-corrected chi connectivity index (χ1v) is 13.2. The monoisotopic (exact) mass is 501 g/mol. The normalized spacial score (nSPS) is 21.4. The Labute approximate surface area is 218 Å². The van der Waals surface area contributed by atoms with Crippen molar-refractivity contribution in [2.75, 3.05) is 0 Å². The number of hydrogen-bond acceptors (Lipinski definition) is 3. The van der Waals surface area contributed by atoms with Crippen molar-refractivity contribution in [1.82, 2.24) is 4.98 Å². The number of pyridine rings is 1. The number of fused-ring (bicyclic) bond motifs is 2. The molecule has 194 valence electrons. The molecule has 0 amide bonds. The first kappa shape index (κ1) is 25.4. The molecule has 1 N–H and O–H groups in total. The molecule has 3 atom stereocenters. The van der Waals surface area contributed by atoms with Gasteiger partial charge in [0.05, 0.1) is 12.1 Å². The lowest BCUT2D eigenvalue weighted by Crippen LogP contribution is -2.21. The number of rotatable bonds is 6. The summed E-state index contributed by atoms with van der Waals surface area (Å²) in [4.78, 5) is 15.8. The van der Waals surface area contributed by atoms with Gasteiger partial charge in [0.1, 0.15) is 18.2 Å². The Hall–Kier alpha value is -3.21. The highest BCUT2D eigenvalue weighted by Gasteiger charge is 2.60. The molecular weight excluding hydrogens is 465 g/mol. The Bertz CT molecular complexity index is 1360. The van der Waals surface area contributed by atoms with Gasteiger partial charge < -0.3 is 9.84 Å². The second-order valence-electron chi connectivity index (χ2n) is 12.0. The third-order valence-electron chi connectivity index (χ3n) is 8.63. The SMILES string of the molecule is Cc1cc(-c2ccc(COc3ccc4c(c3)[C@]3(CCC4)C[C@H]3C(=O)O)cc2[C@H](C)C(C)(C)C)c(F)cn1. The maximum Gasteiger partial charge on any atom is 0.307 e. The fourth-order valence-electron chi connectivity index (χ4n) is 5.95. The highest BCUT2D eigenvalue weighted by Crippen LogP contribution is 2.60. The highest BCUT2D eigenvalue weighted by atomic mass is 19.1. The molecule has 2 aliphatic rings. The van der Waals surface area contributed by atoms with Crippen LogP contribution in [0.1, 0.15) is 80.8 Å². The van der Waals surface area contributed by atoms with Gasteiger partial charge in [-0.05, 0) is 90.0 Å². The molecule has 5 rings (SSSR count). The van der Waals surface area contributed by atoms with Crippen molar-refractivity contribution in [2.24, 2.45) is 11.3 Å². The zero-order valence-corrected chi connectivity index (χ0v) is 22.4. The summed E-state index contributed by atoms with van der Waals surface area (Å²) >= 11 is 0. The molecule has 1 heterocycles. The maximum atomic E-state index is 14.8. The van der Waals surface area contributed by atoms with Crippen LogP contribution in [0.15, 0.2) is 48.7 Å². The van der Waals surface area contributed by atoms with Crippen LogP contribution in [-0.4, -0.2) is 16.1 Å². The van der Waals surface area contributed by atoms with E-state index >= 15 is 0 Å². The molecule has 1 saturated carbocycles. The lowest BCUT2D eigenvalue weighted by atomic mass is 9.75. The molecule has 2 aromatic carbocycles. The van der Waals surface area contributed by atoms with Crippen LogP contribution in [0, 0.1) is 24.1 Å². The Morgan fingerprint density at radius 2 is 1.97 bits per heavy atom. The number of aryl methyl sites for hydroxylation is 2. The molecule has 0 radical (unpaired) electrons. The second kappa shape index (κ2) is 9.27. The number of halogens is 1. The molecule has 4 nitrogen and oxygen atoms in total. The summed E-state index contributed by atoms with van der Waals surface area (Å²) in [6.45, 7) is 11.0. The molecule has 5 heteroatoms. The number of carboxylic acids is 1. The third kappa shape index (κ3) is 4.76. The van der Waals surface area contributed by atoms with E-state index in [9.17, 15) is 14.3 Å². The number of benzene rings is 2. The van der Waals surface area contributed by atoms with Crippen molar-refractivity contribution in [2.45, 2.75) is 78.2 Å². The number of aromatic nitrogens is 1. The number of nitrogens with zero attached hydrogens (tertiary/aromatic N) is 1. The van der Waals surface area contributed by atoms with Crippen LogP contribution in [-0.2, 0) is 23.2 Å². The Kier molecular flexibility index (Phi) is 6.37. The topological polar surface area (TPSA) is 59.4 Å². The third-order valence-corrected chi connectivity index (χ3v) is 8.63. The Balaban J connectivity index is 1.44. The van der Waals surface area contributed by atoms with Gasteiger partial charge in [0, 0.05) is 16.7 Å². The molecule has 0 bridgehead atoms. The van der Waals surface area contributed by atoms with Crippen molar-refractivity contribution >= 4 is 5.97 Å². The van der Waals surface area contributed by atoms with E-state index in [4.69, 9.17) is 4.74 Å². The number of carbonyl (C=O) groups is 1. The van der Waals surface area contributed by atoms with E-state index in [0.717, 1.165) is 59.4 Å². The summed E-state index contributed by atoms with van der Waals surface area (Å²) in [6, 6.07) is 14.1. The van der Waals surface area contributed by atoms with Gasteiger partial charge in [0.2, 0.25) is 0 Å². The average Bonchev–Trinajstić information content (AvgIpc) is 3.58. The lowest BCUT2D eigenvalue weighted by Gasteiger charge is -2.30. The minimum atomic E-state index is -0.694. The van der Waals surface area contributed by atoms with Gasteiger partial charge in [-0.2, -0.15) is 0 Å². The van der Waals surface area contributed by atoms with E-state index in [2.05, 4.69) is 50.9 Å². The predicted octanol–water partition coefficient (Wildman–Crippen LogP) is 7.60. The van der Waals surface area contributed by atoms with Gasteiger partial charge in [-0.25, -0.2) is 4.39 Å². The predicted molar refractivity (Wildman–Crippen MR) is 143 cm³/mol. The van der Waals surface area contributed by atoms with Crippen LogP contribution >= 0.6 is 0 Å². The molecule has 3 aromatic rings. The summed E-state index contributed by atoms with van der Waals surface area (Å²) in [5.74, 6) is -0.351. The molecule has 0 saturated heterocycles. The molecule has 37 heavy (non-hydrogen) atoms. The summed E-state index contributed by atoms with van der Waals surface area (Å²) in [7, 11) is 0. The fourth-order valence-corrected chi connectivity index (χ4v) is 5.95. The summed E-state index contributed by atoms with van der Waals surface area (Å²) in [5, 5.41) is 9.62. The number of carboxylic acid groups (broad SMARTS) is 1. The first-order valence-electron chi connectivity index (χ1n) is 13.2. The quantitative estimate of drug-likeness (QED) is 0.378. The van der Waals surface area contributed by atoms with E-state index < -0.39 is 5.97 Å². The van der Waals surface area contributed by atoms with Crippen molar-refractivity contribution < 1.29 is 19.0 Å². The van der Waals surface area contributed by atoms with Gasteiger partial charge in [-0.1, -0.05) is 52.0 Å². The Morgan fingerprint density at radius 3 is 2.68 bits per heavy atom. The molecule has 2 aliphatic carbocycles. The van der Waals surface area contributed by atoms with Crippen LogP contribution < -0.4 is 4.74 Å². The van der Waals surface area contributed by atoms with Crippen molar-refractivity contribution in [3.05, 3.63) is 82.4 Å². The first-order chi connectivity index (χ1) is 17.5. The minimum Gasteiger partial charge on any atom is -0.489 e. The maximum absolute atomic E-state index is 14.8. The van der Waals surface area contributed by atoms with Gasteiger partial charge in [-0.3, -0.25) is 9.78 Å². The van der Waals surface area contributed by atoms with Crippen molar-refractivity contribution in [3.8, 4) is 16.9 Å². The average molecular weight is 502 g/mol. The molecular formula is C32H36FNO3. The minimum absolute atomic E-state index is 0.00939. The molecule has 1 spiro atoms. The fraction of sp³-hybridized carbons (Fsp3) is 0.438. The van der Waals surface area contributed by atoms with Crippen LogP contribution in [0.25, 0.3) is 11.1 Å². The summed E-state index contributed by atoms with van der Waals surface area (Å²) < 4.78 is 21.1. The van der Waals surface area contributed by atoms with Gasteiger partial charge in [0.25, 0.3) is 0 Å². The second-order valence-corrected chi connectivity index (χ2v) is 12.0. The van der Waals surface area contributed by atoms with Gasteiger partial charge in [0.15, 0.2) is 0 Å². The zero-order chi connectivity index (χ0) is 26.5. The molecule has 1 aromatic heterocycles. The standard InChI is InChI=1S/C32H36FNO3/c1-19-13-26(29(33)17-34-19)24-11-8-21(14-25(24)20(2)31(3,4)5)18-37-23-10-9-22-7-6-12-32(27(22)15-23)16-28(32)30(35)36/h8-11,13-15,17,20,28H,6-7,12,16,18H2,1-5H3,(H,35,36)/t20-,28-,32-/m0/s1. The van der Waals surface area contributed by atoms with E-state index in [1.54, 1.807) is 0 Å². The number of ether oxygens (including phenoxy) is 1. The van der Waals surface area contributed by atoms with Crippen LogP contribution in [0.3, 0.4) is 0 Å². The summed E-state index contributed by atoms with van der Waals surface area (Å²) in [6.07, 6.45) is 4.98. The van der Waals surface area contributed by atoms with E-state index in [1.807, 2.05) is 31.2 Å². The lowest BCUT2D eigenvalue weighted by molar-refractivity contribution is -0.139. The van der Waals surface area contributed by atoms with Crippen LogP contribution in [0.2, 0.25) is 0 Å². The van der Waals surface area contributed by atoms with E-state index in [1.165, 1.54) is 11.8 Å².